The van der Waals surface area contributed by atoms with E-state index in [0.29, 0.717) is 23.5 Å². The predicted molar refractivity (Wildman–Crippen MR) is 116 cm³/mol. The molecule has 2 amide bonds. The van der Waals surface area contributed by atoms with Crippen LogP contribution in [-0.4, -0.2) is 25.0 Å². The molecule has 156 valence electrons. The highest BCUT2D eigenvalue weighted by molar-refractivity contribution is 6.10. The van der Waals surface area contributed by atoms with Crippen molar-refractivity contribution in [3.8, 4) is 5.75 Å². The lowest BCUT2D eigenvalue weighted by atomic mass is 10.1. The van der Waals surface area contributed by atoms with E-state index in [1.54, 1.807) is 60.9 Å². The molecule has 0 aliphatic heterocycles. The van der Waals surface area contributed by atoms with Gasteiger partial charge in [0.15, 0.2) is 0 Å². The van der Waals surface area contributed by atoms with E-state index >= 15 is 0 Å². The summed E-state index contributed by atoms with van der Waals surface area (Å²) < 4.78 is 10.7. The van der Waals surface area contributed by atoms with Gasteiger partial charge in [-0.05, 0) is 62.4 Å². The Hall–Kier alpha value is -3.58. The Balaban J connectivity index is 1.60. The van der Waals surface area contributed by atoms with Crippen LogP contribution in [0.4, 0.5) is 11.4 Å². The molecule has 3 aromatic rings. The Kier molecular flexibility index (Phi) is 7.24. The van der Waals surface area contributed by atoms with Gasteiger partial charge in [0, 0.05) is 5.69 Å². The Morgan fingerprint density at radius 1 is 1.00 bits per heavy atom. The number of carbonyl (C=O) groups excluding carboxylic acids is 2. The normalized spacial score (nSPS) is 11.5. The fraction of sp³-hybridized carbons (Fsp3) is 0.217. The summed E-state index contributed by atoms with van der Waals surface area (Å²) in [6, 6.07) is 17.5. The summed E-state index contributed by atoms with van der Waals surface area (Å²) in [7, 11) is 0. The smallest absolute Gasteiger partial charge is 0.257 e. The van der Waals surface area contributed by atoms with Gasteiger partial charge in [-0.25, -0.2) is 0 Å². The third kappa shape index (κ3) is 5.71. The lowest BCUT2D eigenvalue weighted by Gasteiger charge is -2.14. The largest absolute Gasteiger partial charge is 0.494 e. The zero-order valence-corrected chi connectivity index (χ0v) is 17.0. The molecule has 0 unspecified atom stereocenters. The molecule has 0 saturated carbocycles. The zero-order chi connectivity index (χ0) is 21.3. The minimum absolute atomic E-state index is 0.0801. The van der Waals surface area contributed by atoms with Gasteiger partial charge in [-0.1, -0.05) is 12.1 Å². The number of nitrogens with one attached hydrogen (secondary N) is 3. The van der Waals surface area contributed by atoms with E-state index < -0.39 is 0 Å². The van der Waals surface area contributed by atoms with Gasteiger partial charge in [-0.2, -0.15) is 0 Å². The number of hydrogen-bond donors (Lipinski definition) is 3. The fourth-order valence-corrected chi connectivity index (χ4v) is 2.87. The van der Waals surface area contributed by atoms with Crippen LogP contribution in [0.1, 0.15) is 36.0 Å². The Labute approximate surface area is 175 Å². The van der Waals surface area contributed by atoms with Gasteiger partial charge >= 0.3 is 0 Å². The topological polar surface area (TPSA) is 92.6 Å². The molecule has 2 aromatic carbocycles. The molecule has 0 aliphatic carbocycles. The molecule has 3 rings (SSSR count). The molecule has 0 bridgehead atoms. The monoisotopic (exact) mass is 407 g/mol. The first-order valence-corrected chi connectivity index (χ1v) is 9.76. The molecule has 1 aromatic heterocycles. The molecular formula is C23H25N3O4. The molecular weight excluding hydrogens is 382 g/mol. The number of ether oxygens (including phenoxy) is 1. The van der Waals surface area contributed by atoms with E-state index in [9.17, 15) is 9.59 Å². The average Bonchev–Trinajstić information content (AvgIpc) is 3.29. The minimum atomic E-state index is -0.313. The number of benzene rings is 2. The highest BCUT2D eigenvalue weighted by Gasteiger charge is 2.15. The van der Waals surface area contributed by atoms with Gasteiger partial charge in [0.25, 0.3) is 5.91 Å². The Morgan fingerprint density at radius 3 is 2.47 bits per heavy atom. The molecule has 0 radical (unpaired) electrons. The first-order valence-electron chi connectivity index (χ1n) is 9.76. The standard InChI is InChI=1S/C23H25N3O4/c1-3-29-18-12-10-17(11-13-18)25-23(28)19-7-4-5-8-20(19)26-22(27)15-24-16(2)21-9-6-14-30-21/h4-14,16,24H,3,15H2,1-2H3,(H,25,28)(H,26,27)/t16-/m1/s1. The van der Waals surface area contributed by atoms with Crippen molar-refractivity contribution in [2.24, 2.45) is 0 Å². The molecule has 0 aliphatic rings. The van der Waals surface area contributed by atoms with Crippen molar-refractivity contribution in [2.75, 3.05) is 23.8 Å². The van der Waals surface area contributed by atoms with Crippen LogP contribution in [-0.2, 0) is 4.79 Å². The van der Waals surface area contributed by atoms with E-state index in [1.807, 2.05) is 19.9 Å². The van der Waals surface area contributed by atoms with Crippen molar-refractivity contribution in [3.63, 3.8) is 0 Å². The quantitative estimate of drug-likeness (QED) is 0.494. The number of anilines is 2. The van der Waals surface area contributed by atoms with Gasteiger partial charge in [0.1, 0.15) is 11.5 Å². The fourth-order valence-electron chi connectivity index (χ4n) is 2.87. The molecule has 7 heteroatoms. The number of para-hydroxylation sites is 1. The molecule has 1 atom stereocenters. The Bertz CT molecular complexity index is 968. The van der Waals surface area contributed by atoms with Crippen molar-refractivity contribution >= 4 is 23.2 Å². The summed E-state index contributed by atoms with van der Waals surface area (Å²) in [4.78, 5) is 25.1. The highest BCUT2D eigenvalue weighted by atomic mass is 16.5. The van der Waals surface area contributed by atoms with E-state index in [4.69, 9.17) is 9.15 Å². The van der Waals surface area contributed by atoms with Crippen LogP contribution in [0.2, 0.25) is 0 Å². The SMILES string of the molecule is CCOc1ccc(NC(=O)c2ccccc2NC(=O)CN[C@H](C)c2ccco2)cc1. The summed E-state index contributed by atoms with van der Waals surface area (Å²) in [6.45, 7) is 4.48. The van der Waals surface area contributed by atoms with Crippen molar-refractivity contribution in [1.82, 2.24) is 5.32 Å². The van der Waals surface area contributed by atoms with Gasteiger partial charge in [-0.3, -0.25) is 14.9 Å². The van der Waals surface area contributed by atoms with E-state index in [-0.39, 0.29) is 24.4 Å². The molecule has 0 saturated heterocycles. The van der Waals surface area contributed by atoms with Crippen molar-refractivity contribution in [1.29, 1.82) is 0 Å². The van der Waals surface area contributed by atoms with Crippen LogP contribution in [0.15, 0.2) is 71.3 Å². The van der Waals surface area contributed by atoms with Gasteiger partial charge in [0.2, 0.25) is 5.91 Å². The number of carbonyl (C=O) groups is 2. The van der Waals surface area contributed by atoms with Crippen molar-refractivity contribution in [2.45, 2.75) is 19.9 Å². The second-order valence-electron chi connectivity index (χ2n) is 6.62. The first kappa shape index (κ1) is 21.1. The maximum absolute atomic E-state index is 12.7. The number of rotatable bonds is 9. The van der Waals surface area contributed by atoms with E-state index in [0.717, 1.165) is 11.5 Å². The van der Waals surface area contributed by atoms with Gasteiger partial charge in [0.05, 0.1) is 36.7 Å². The van der Waals surface area contributed by atoms with Crippen molar-refractivity contribution in [3.05, 3.63) is 78.3 Å². The van der Waals surface area contributed by atoms with Gasteiger partial charge < -0.3 is 19.8 Å². The van der Waals surface area contributed by atoms with Crippen molar-refractivity contribution < 1.29 is 18.7 Å². The Morgan fingerprint density at radius 2 is 1.77 bits per heavy atom. The molecule has 0 spiro atoms. The molecule has 30 heavy (non-hydrogen) atoms. The number of amides is 2. The zero-order valence-electron chi connectivity index (χ0n) is 17.0. The maximum Gasteiger partial charge on any atom is 0.257 e. The molecule has 0 fully saturated rings. The summed E-state index contributed by atoms with van der Waals surface area (Å²) in [5, 5.41) is 8.72. The van der Waals surface area contributed by atoms with Crippen LogP contribution in [0.3, 0.4) is 0 Å². The van der Waals surface area contributed by atoms with Crippen LogP contribution in [0, 0.1) is 0 Å². The molecule has 7 nitrogen and oxygen atoms in total. The predicted octanol–water partition coefficient (Wildman–Crippen LogP) is 4.22. The third-order valence-corrected chi connectivity index (χ3v) is 4.41. The van der Waals surface area contributed by atoms with E-state index in [1.165, 1.54) is 0 Å². The van der Waals surface area contributed by atoms with E-state index in [2.05, 4.69) is 16.0 Å². The summed E-state index contributed by atoms with van der Waals surface area (Å²) in [5.41, 5.74) is 1.45. The van der Waals surface area contributed by atoms with Gasteiger partial charge in [-0.15, -0.1) is 0 Å². The highest BCUT2D eigenvalue weighted by Crippen LogP contribution is 2.20. The van der Waals surface area contributed by atoms with Crippen LogP contribution >= 0.6 is 0 Å². The number of furan rings is 1. The third-order valence-electron chi connectivity index (χ3n) is 4.41. The minimum Gasteiger partial charge on any atom is -0.494 e. The molecule has 3 N–H and O–H groups in total. The lowest BCUT2D eigenvalue weighted by molar-refractivity contribution is -0.115. The summed E-state index contributed by atoms with van der Waals surface area (Å²) >= 11 is 0. The summed E-state index contributed by atoms with van der Waals surface area (Å²) in [6.07, 6.45) is 1.59. The number of hydrogen-bond acceptors (Lipinski definition) is 5. The molecule has 1 heterocycles. The summed E-state index contributed by atoms with van der Waals surface area (Å²) in [5.74, 6) is 0.916. The maximum atomic E-state index is 12.7. The first-order chi connectivity index (χ1) is 14.6. The average molecular weight is 407 g/mol. The van der Waals surface area contributed by atoms with Crippen LogP contribution in [0.25, 0.3) is 0 Å². The lowest BCUT2D eigenvalue weighted by Crippen LogP contribution is -2.30. The second kappa shape index (κ2) is 10.3. The second-order valence-corrected chi connectivity index (χ2v) is 6.62. The van der Waals surface area contributed by atoms with Crippen LogP contribution < -0.4 is 20.7 Å². The van der Waals surface area contributed by atoms with Crippen LogP contribution in [0.5, 0.6) is 5.75 Å².